The van der Waals surface area contributed by atoms with E-state index in [9.17, 15) is 14.7 Å². The Bertz CT molecular complexity index is 771. The van der Waals surface area contributed by atoms with E-state index in [1.54, 1.807) is 6.08 Å². The van der Waals surface area contributed by atoms with Crippen molar-refractivity contribution in [3.8, 4) is 0 Å². The van der Waals surface area contributed by atoms with E-state index in [2.05, 4.69) is 26.1 Å². The van der Waals surface area contributed by atoms with Gasteiger partial charge < -0.3 is 10.4 Å². The van der Waals surface area contributed by atoms with Crippen LogP contribution >= 0.6 is 0 Å². The van der Waals surface area contributed by atoms with Crippen LogP contribution in [0, 0.1) is 0 Å². The number of aliphatic carboxylic acids is 1. The van der Waals surface area contributed by atoms with Gasteiger partial charge >= 0.3 is 5.97 Å². The molecule has 0 saturated heterocycles. The van der Waals surface area contributed by atoms with E-state index in [4.69, 9.17) is 0 Å². The van der Waals surface area contributed by atoms with Gasteiger partial charge in [0.1, 0.15) is 6.04 Å². The molecule has 0 unspecified atom stereocenters. The second kappa shape index (κ2) is 8.48. The Morgan fingerprint density at radius 3 is 2.19 bits per heavy atom. The highest BCUT2D eigenvalue weighted by Gasteiger charge is 2.19. The zero-order valence-electron chi connectivity index (χ0n) is 15.4. The van der Waals surface area contributed by atoms with Gasteiger partial charge in [0.05, 0.1) is 0 Å². The minimum Gasteiger partial charge on any atom is -0.480 e. The topological polar surface area (TPSA) is 66.4 Å². The van der Waals surface area contributed by atoms with E-state index in [0.29, 0.717) is 0 Å². The predicted molar refractivity (Wildman–Crippen MR) is 104 cm³/mol. The Morgan fingerprint density at radius 2 is 1.65 bits per heavy atom. The molecule has 0 bridgehead atoms. The van der Waals surface area contributed by atoms with Crippen molar-refractivity contribution in [2.75, 3.05) is 0 Å². The zero-order valence-corrected chi connectivity index (χ0v) is 15.4. The van der Waals surface area contributed by atoms with Crippen molar-refractivity contribution < 1.29 is 14.7 Å². The normalized spacial score (nSPS) is 12.7. The van der Waals surface area contributed by atoms with Crippen molar-refractivity contribution in [1.29, 1.82) is 0 Å². The maximum absolute atomic E-state index is 12.1. The van der Waals surface area contributed by atoms with E-state index >= 15 is 0 Å². The molecule has 2 N–H and O–H groups in total. The molecule has 0 aliphatic rings. The van der Waals surface area contributed by atoms with Crippen molar-refractivity contribution in [2.24, 2.45) is 0 Å². The van der Waals surface area contributed by atoms with Gasteiger partial charge in [-0.05, 0) is 28.2 Å². The lowest BCUT2D eigenvalue weighted by molar-refractivity contribution is -0.141. The Hall–Kier alpha value is -2.88. The molecule has 4 heteroatoms. The van der Waals surface area contributed by atoms with Crippen LogP contribution < -0.4 is 5.32 Å². The van der Waals surface area contributed by atoms with Crippen LogP contribution in [0.5, 0.6) is 0 Å². The molecule has 136 valence electrons. The highest BCUT2D eigenvalue weighted by Crippen LogP contribution is 2.22. The summed E-state index contributed by atoms with van der Waals surface area (Å²) in [6, 6.07) is 16.2. The van der Waals surface area contributed by atoms with Gasteiger partial charge in [-0.3, -0.25) is 4.79 Å². The SMILES string of the molecule is CC(C)(C)c1ccc(/C=C/C(=O)N[C@H](Cc2ccccc2)C(=O)O)cc1. The molecule has 0 aromatic heterocycles. The number of hydrogen-bond acceptors (Lipinski definition) is 2. The summed E-state index contributed by atoms with van der Waals surface area (Å²) >= 11 is 0. The quantitative estimate of drug-likeness (QED) is 0.778. The largest absolute Gasteiger partial charge is 0.480 e. The van der Waals surface area contributed by atoms with Gasteiger partial charge in [0.15, 0.2) is 0 Å². The number of amides is 1. The van der Waals surface area contributed by atoms with Crippen molar-refractivity contribution in [2.45, 2.75) is 38.6 Å². The summed E-state index contributed by atoms with van der Waals surface area (Å²) in [5, 5.41) is 11.9. The van der Waals surface area contributed by atoms with E-state index in [1.807, 2.05) is 54.6 Å². The fraction of sp³-hybridized carbons (Fsp3) is 0.273. The van der Waals surface area contributed by atoms with Gasteiger partial charge in [-0.15, -0.1) is 0 Å². The second-order valence-electron chi connectivity index (χ2n) is 7.29. The van der Waals surface area contributed by atoms with Gasteiger partial charge in [-0.1, -0.05) is 75.4 Å². The summed E-state index contributed by atoms with van der Waals surface area (Å²) in [6.07, 6.45) is 3.30. The molecule has 0 aliphatic carbocycles. The number of rotatable bonds is 6. The molecule has 0 saturated carbocycles. The number of carbonyl (C=O) groups excluding carboxylic acids is 1. The van der Waals surface area contributed by atoms with Crippen LogP contribution in [-0.2, 0) is 21.4 Å². The molecule has 0 fully saturated rings. The number of carboxylic acids is 1. The predicted octanol–water partition coefficient (Wildman–Crippen LogP) is 3.81. The lowest BCUT2D eigenvalue weighted by atomic mass is 9.87. The van der Waals surface area contributed by atoms with Gasteiger partial charge in [0.2, 0.25) is 5.91 Å². The summed E-state index contributed by atoms with van der Waals surface area (Å²) in [7, 11) is 0. The van der Waals surface area contributed by atoms with Gasteiger partial charge in [-0.25, -0.2) is 4.79 Å². The molecule has 1 amide bonds. The number of benzene rings is 2. The fourth-order valence-corrected chi connectivity index (χ4v) is 2.54. The molecule has 2 aromatic carbocycles. The zero-order chi connectivity index (χ0) is 19.2. The number of hydrogen-bond donors (Lipinski definition) is 2. The average Bonchev–Trinajstić information content (AvgIpc) is 2.60. The summed E-state index contributed by atoms with van der Waals surface area (Å²) in [5.74, 6) is -1.47. The number of carbonyl (C=O) groups is 2. The molecule has 0 aliphatic heterocycles. The Morgan fingerprint density at radius 1 is 1.04 bits per heavy atom. The first-order valence-electron chi connectivity index (χ1n) is 8.61. The monoisotopic (exact) mass is 351 g/mol. The second-order valence-corrected chi connectivity index (χ2v) is 7.29. The first-order valence-corrected chi connectivity index (χ1v) is 8.61. The van der Waals surface area contributed by atoms with Crippen LogP contribution in [0.4, 0.5) is 0 Å². The third-order valence-corrected chi connectivity index (χ3v) is 4.10. The molecule has 0 spiro atoms. The van der Waals surface area contributed by atoms with Gasteiger partial charge in [-0.2, -0.15) is 0 Å². The summed E-state index contributed by atoms with van der Waals surface area (Å²) < 4.78 is 0. The smallest absolute Gasteiger partial charge is 0.326 e. The van der Waals surface area contributed by atoms with E-state index in [0.717, 1.165) is 11.1 Å². The molecule has 0 heterocycles. The first-order chi connectivity index (χ1) is 12.3. The maximum atomic E-state index is 12.1. The molecule has 4 nitrogen and oxygen atoms in total. The lowest BCUT2D eigenvalue weighted by Gasteiger charge is -2.18. The molecular weight excluding hydrogens is 326 g/mol. The van der Waals surface area contributed by atoms with Crippen molar-refractivity contribution in [1.82, 2.24) is 5.32 Å². The molecule has 1 atom stereocenters. The van der Waals surface area contributed by atoms with Gasteiger partial charge in [0.25, 0.3) is 0 Å². The van der Waals surface area contributed by atoms with E-state index < -0.39 is 17.9 Å². The van der Waals surface area contributed by atoms with Crippen molar-refractivity contribution in [3.63, 3.8) is 0 Å². The number of nitrogens with one attached hydrogen (secondary N) is 1. The average molecular weight is 351 g/mol. The summed E-state index contributed by atoms with van der Waals surface area (Å²) in [6.45, 7) is 6.43. The minimum atomic E-state index is -1.05. The maximum Gasteiger partial charge on any atom is 0.326 e. The summed E-state index contributed by atoms with van der Waals surface area (Å²) in [4.78, 5) is 23.5. The van der Waals surface area contributed by atoms with Crippen LogP contribution in [-0.4, -0.2) is 23.0 Å². The molecule has 2 rings (SSSR count). The standard InChI is InChI=1S/C22H25NO3/c1-22(2,3)18-12-9-16(10-13-18)11-14-20(24)23-19(21(25)26)15-17-7-5-4-6-8-17/h4-14,19H,15H2,1-3H3,(H,23,24)(H,25,26)/b14-11+/t19-/m1/s1. The van der Waals surface area contributed by atoms with E-state index in [-0.39, 0.29) is 11.8 Å². The minimum absolute atomic E-state index is 0.0752. The van der Waals surface area contributed by atoms with E-state index in [1.165, 1.54) is 11.6 Å². The Labute approximate surface area is 154 Å². The Kier molecular flexibility index (Phi) is 6.34. The van der Waals surface area contributed by atoms with Crippen LogP contribution in [0.15, 0.2) is 60.7 Å². The van der Waals surface area contributed by atoms with Crippen LogP contribution in [0.3, 0.4) is 0 Å². The van der Waals surface area contributed by atoms with Crippen LogP contribution in [0.1, 0.15) is 37.5 Å². The molecule has 26 heavy (non-hydrogen) atoms. The molecular formula is C22H25NO3. The fourth-order valence-electron chi connectivity index (χ4n) is 2.54. The molecule has 2 aromatic rings. The summed E-state index contributed by atoms with van der Waals surface area (Å²) in [5.41, 5.74) is 3.05. The van der Waals surface area contributed by atoms with Crippen LogP contribution in [0.2, 0.25) is 0 Å². The third-order valence-electron chi connectivity index (χ3n) is 4.10. The van der Waals surface area contributed by atoms with Crippen LogP contribution in [0.25, 0.3) is 6.08 Å². The first kappa shape index (κ1) is 19.4. The van der Waals surface area contributed by atoms with Crippen molar-refractivity contribution in [3.05, 3.63) is 77.4 Å². The Balaban J connectivity index is 1.99. The highest BCUT2D eigenvalue weighted by atomic mass is 16.4. The number of carboxylic acid groups (broad SMARTS) is 1. The lowest BCUT2D eigenvalue weighted by Crippen LogP contribution is -2.41. The highest BCUT2D eigenvalue weighted by molar-refractivity contribution is 5.94. The molecule has 0 radical (unpaired) electrons. The van der Waals surface area contributed by atoms with Crippen molar-refractivity contribution >= 4 is 18.0 Å². The van der Waals surface area contributed by atoms with Gasteiger partial charge in [0, 0.05) is 12.5 Å². The third kappa shape index (κ3) is 5.88.